The van der Waals surface area contributed by atoms with Crippen molar-refractivity contribution in [3.05, 3.63) is 58.7 Å². The summed E-state index contributed by atoms with van der Waals surface area (Å²) in [6.07, 6.45) is 0.921. The van der Waals surface area contributed by atoms with Crippen LogP contribution in [0, 0.1) is 0 Å². The lowest BCUT2D eigenvalue weighted by atomic mass is 10.0. The Kier molecular flexibility index (Phi) is 2.46. The topological polar surface area (TPSA) is 40.5 Å². The van der Waals surface area contributed by atoms with Gasteiger partial charge in [0.2, 0.25) is 0 Å². The Morgan fingerprint density at radius 3 is 2.24 bits per heavy atom. The molecule has 86 valence electrons. The summed E-state index contributed by atoms with van der Waals surface area (Å²) in [5.41, 5.74) is 6.92. The lowest BCUT2D eigenvalue weighted by Crippen LogP contribution is -1.86. The van der Waals surface area contributed by atoms with Crippen molar-refractivity contribution in [2.75, 3.05) is 0 Å². The van der Waals surface area contributed by atoms with E-state index in [9.17, 15) is 0 Å². The number of fused-ring (bicyclic) bond motifs is 3. The number of benzene rings is 2. The molecule has 3 rings (SSSR count). The van der Waals surface area contributed by atoms with Crippen LogP contribution in [0.2, 0.25) is 0 Å². The molecular formula is C15H14O2. The van der Waals surface area contributed by atoms with E-state index < -0.39 is 0 Å². The number of rotatable bonds is 2. The Hall–Kier alpha value is -1.64. The molecule has 0 saturated heterocycles. The first-order valence-corrected chi connectivity index (χ1v) is 5.77. The van der Waals surface area contributed by atoms with Crippen LogP contribution in [0.4, 0.5) is 0 Å². The third-order valence-electron chi connectivity index (χ3n) is 3.38. The predicted octanol–water partition coefficient (Wildman–Crippen LogP) is 2.24. The summed E-state index contributed by atoms with van der Waals surface area (Å²) in [5.74, 6) is 0. The van der Waals surface area contributed by atoms with Gasteiger partial charge in [0.15, 0.2) is 0 Å². The third kappa shape index (κ3) is 1.66. The van der Waals surface area contributed by atoms with Gasteiger partial charge in [-0.1, -0.05) is 30.3 Å². The molecule has 0 saturated carbocycles. The smallest absolute Gasteiger partial charge is 0.0682 e. The van der Waals surface area contributed by atoms with Gasteiger partial charge in [-0.3, -0.25) is 0 Å². The average molecular weight is 226 g/mol. The van der Waals surface area contributed by atoms with Crippen molar-refractivity contribution in [3.8, 4) is 11.1 Å². The van der Waals surface area contributed by atoms with E-state index in [2.05, 4.69) is 24.3 Å². The zero-order valence-electron chi connectivity index (χ0n) is 9.48. The van der Waals surface area contributed by atoms with Crippen LogP contribution in [0.3, 0.4) is 0 Å². The molecule has 2 heteroatoms. The minimum absolute atomic E-state index is 0.0807. The first-order chi connectivity index (χ1) is 8.31. The molecule has 1 aliphatic rings. The Labute approximate surface area is 100 Å². The van der Waals surface area contributed by atoms with Crippen molar-refractivity contribution in [2.45, 2.75) is 19.6 Å². The fraction of sp³-hybridized carbons (Fsp3) is 0.200. The van der Waals surface area contributed by atoms with Crippen LogP contribution in [0.15, 0.2) is 36.4 Å². The first-order valence-electron chi connectivity index (χ1n) is 5.77. The predicted molar refractivity (Wildman–Crippen MR) is 66.5 cm³/mol. The maximum absolute atomic E-state index is 9.17. The van der Waals surface area contributed by atoms with Gasteiger partial charge in [-0.05, 0) is 45.9 Å². The van der Waals surface area contributed by atoms with Gasteiger partial charge in [-0.15, -0.1) is 0 Å². The highest BCUT2D eigenvalue weighted by Crippen LogP contribution is 2.37. The molecule has 0 aliphatic heterocycles. The largest absolute Gasteiger partial charge is 0.392 e. The molecule has 2 N–H and O–H groups in total. The summed E-state index contributed by atoms with van der Waals surface area (Å²) in [7, 11) is 0. The summed E-state index contributed by atoms with van der Waals surface area (Å²) in [5, 5.41) is 18.3. The number of aliphatic hydroxyl groups excluding tert-OH is 2. The maximum atomic E-state index is 9.17. The number of aliphatic hydroxyl groups is 2. The van der Waals surface area contributed by atoms with Gasteiger partial charge in [0.1, 0.15) is 0 Å². The highest BCUT2D eigenvalue weighted by Gasteiger charge is 2.18. The molecule has 0 bridgehead atoms. The van der Waals surface area contributed by atoms with Gasteiger partial charge in [0, 0.05) is 0 Å². The van der Waals surface area contributed by atoms with Gasteiger partial charge in [0.05, 0.1) is 13.2 Å². The molecule has 0 fully saturated rings. The van der Waals surface area contributed by atoms with E-state index in [0.717, 1.165) is 17.5 Å². The standard InChI is InChI=1S/C15H14O2/c16-8-10-2-4-14-13(5-10)7-12-3-1-11(9-17)6-15(12)14/h1-6,16-17H,7-9H2. The third-order valence-corrected chi connectivity index (χ3v) is 3.38. The lowest BCUT2D eigenvalue weighted by molar-refractivity contribution is 0.281. The molecule has 0 amide bonds. The minimum atomic E-state index is 0.0807. The maximum Gasteiger partial charge on any atom is 0.0682 e. The van der Waals surface area contributed by atoms with Crippen LogP contribution in [0.1, 0.15) is 22.3 Å². The normalized spacial score (nSPS) is 12.4. The van der Waals surface area contributed by atoms with Crippen LogP contribution >= 0.6 is 0 Å². The molecular weight excluding hydrogens is 212 g/mol. The van der Waals surface area contributed by atoms with Crippen LogP contribution in [0.5, 0.6) is 0 Å². The zero-order chi connectivity index (χ0) is 11.8. The summed E-state index contributed by atoms with van der Waals surface area (Å²) >= 11 is 0. The fourth-order valence-corrected chi connectivity index (χ4v) is 2.49. The summed E-state index contributed by atoms with van der Waals surface area (Å²) in [6.45, 7) is 0.169. The molecule has 1 aliphatic carbocycles. The van der Waals surface area contributed by atoms with Crippen LogP contribution in [0.25, 0.3) is 11.1 Å². The second-order valence-electron chi connectivity index (χ2n) is 4.48. The molecule has 2 aromatic carbocycles. The van der Waals surface area contributed by atoms with E-state index >= 15 is 0 Å². The molecule has 17 heavy (non-hydrogen) atoms. The molecule has 0 aromatic heterocycles. The van der Waals surface area contributed by atoms with E-state index in [4.69, 9.17) is 10.2 Å². The molecule has 0 atom stereocenters. The second-order valence-corrected chi connectivity index (χ2v) is 4.48. The van der Waals surface area contributed by atoms with E-state index in [1.807, 2.05) is 12.1 Å². The zero-order valence-corrected chi connectivity index (χ0v) is 9.48. The summed E-state index contributed by atoms with van der Waals surface area (Å²) < 4.78 is 0. The van der Waals surface area contributed by atoms with E-state index in [1.165, 1.54) is 22.3 Å². The van der Waals surface area contributed by atoms with Gasteiger partial charge < -0.3 is 10.2 Å². The fourth-order valence-electron chi connectivity index (χ4n) is 2.49. The highest BCUT2D eigenvalue weighted by atomic mass is 16.3. The van der Waals surface area contributed by atoms with Gasteiger partial charge in [0.25, 0.3) is 0 Å². The van der Waals surface area contributed by atoms with Crippen molar-refractivity contribution < 1.29 is 10.2 Å². The van der Waals surface area contributed by atoms with E-state index in [-0.39, 0.29) is 13.2 Å². The summed E-state index contributed by atoms with van der Waals surface area (Å²) in [4.78, 5) is 0. The van der Waals surface area contributed by atoms with Crippen molar-refractivity contribution in [2.24, 2.45) is 0 Å². The van der Waals surface area contributed by atoms with Crippen molar-refractivity contribution >= 4 is 0 Å². The van der Waals surface area contributed by atoms with E-state index in [1.54, 1.807) is 0 Å². The number of hydrogen-bond donors (Lipinski definition) is 2. The Morgan fingerprint density at radius 1 is 0.765 bits per heavy atom. The Bertz CT molecular complexity index is 573. The van der Waals surface area contributed by atoms with Crippen molar-refractivity contribution in [3.63, 3.8) is 0 Å². The van der Waals surface area contributed by atoms with Crippen LogP contribution < -0.4 is 0 Å². The molecule has 0 spiro atoms. The first kappa shape index (κ1) is 10.5. The monoisotopic (exact) mass is 226 g/mol. The van der Waals surface area contributed by atoms with Crippen LogP contribution in [-0.4, -0.2) is 10.2 Å². The quantitative estimate of drug-likeness (QED) is 0.703. The van der Waals surface area contributed by atoms with Crippen molar-refractivity contribution in [1.29, 1.82) is 0 Å². The average Bonchev–Trinajstić information content (AvgIpc) is 2.74. The molecule has 0 unspecified atom stereocenters. The number of hydrogen-bond acceptors (Lipinski definition) is 2. The molecule has 2 nitrogen and oxygen atoms in total. The molecule has 0 radical (unpaired) electrons. The second kappa shape index (κ2) is 3.99. The Morgan fingerprint density at radius 2 is 1.47 bits per heavy atom. The summed E-state index contributed by atoms with van der Waals surface area (Å²) in [6, 6.07) is 12.2. The highest BCUT2D eigenvalue weighted by molar-refractivity contribution is 5.77. The van der Waals surface area contributed by atoms with E-state index in [0.29, 0.717) is 0 Å². The van der Waals surface area contributed by atoms with Gasteiger partial charge >= 0.3 is 0 Å². The Balaban J connectivity index is 2.13. The SMILES string of the molecule is OCc1ccc2c(c1)Cc1ccc(CO)cc1-2. The lowest BCUT2D eigenvalue weighted by Gasteiger charge is -2.04. The van der Waals surface area contributed by atoms with Gasteiger partial charge in [-0.2, -0.15) is 0 Å². The van der Waals surface area contributed by atoms with Crippen molar-refractivity contribution in [1.82, 2.24) is 0 Å². The van der Waals surface area contributed by atoms with Gasteiger partial charge in [-0.25, -0.2) is 0 Å². The van der Waals surface area contributed by atoms with Crippen LogP contribution in [-0.2, 0) is 19.6 Å². The molecule has 0 heterocycles. The molecule has 2 aromatic rings. The minimum Gasteiger partial charge on any atom is -0.392 e.